The van der Waals surface area contributed by atoms with Crippen LogP contribution in [0.3, 0.4) is 0 Å². The zero-order valence-corrected chi connectivity index (χ0v) is 28.3. The van der Waals surface area contributed by atoms with Gasteiger partial charge in [0.15, 0.2) is 0 Å². The zero-order chi connectivity index (χ0) is 32.7. The van der Waals surface area contributed by atoms with Crippen LogP contribution in [0.5, 0.6) is 5.75 Å². The van der Waals surface area contributed by atoms with Crippen molar-refractivity contribution >= 4 is 18.0 Å². The number of esters is 1. The molecule has 6 rings (SSSR count). The molecular weight excluding hydrogens is 564 g/mol. The maximum atomic E-state index is 13.0. The van der Waals surface area contributed by atoms with Crippen LogP contribution in [0.4, 0.5) is 0 Å². The van der Waals surface area contributed by atoms with E-state index < -0.39 is 35.0 Å². The molecule has 1 aromatic carbocycles. The molecule has 45 heavy (non-hydrogen) atoms. The fourth-order valence-corrected chi connectivity index (χ4v) is 12.1. The third kappa shape index (κ3) is 4.58. The monoisotopic (exact) mass is 618 g/mol. The van der Waals surface area contributed by atoms with Crippen molar-refractivity contribution in [3.8, 4) is 5.75 Å². The van der Waals surface area contributed by atoms with Gasteiger partial charge in [0.05, 0.1) is 11.5 Å². The Labute approximate surface area is 269 Å². The first-order valence-corrected chi connectivity index (χ1v) is 17.3. The molecule has 11 atom stereocenters. The van der Waals surface area contributed by atoms with E-state index in [2.05, 4.69) is 54.5 Å². The second-order valence-electron chi connectivity index (χ2n) is 17.0. The Morgan fingerprint density at radius 3 is 2.29 bits per heavy atom. The molecule has 6 heteroatoms. The van der Waals surface area contributed by atoms with E-state index >= 15 is 0 Å². The number of aromatic hydroxyl groups is 1. The topological polar surface area (TPSA) is 104 Å². The van der Waals surface area contributed by atoms with Crippen LogP contribution in [0.1, 0.15) is 105 Å². The summed E-state index contributed by atoms with van der Waals surface area (Å²) < 4.78 is 6.05. The predicted octanol–water partition coefficient (Wildman–Crippen LogP) is 8.03. The molecule has 0 amide bonds. The van der Waals surface area contributed by atoms with Crippen LogP contribution in [0, 0.1) is 56.7 Å². The zero-order valence-electron chi connectivity index (χ0n) is 28.3. The molecule has 6 nitrogen and oxygen atoms in total. The number of hydrogen-bond donors (Lipinski definition) is 3. The molecule has 3 N–H and O–H groups in total. The lowest BCUT2D eigenvalue weighted by Crippen LogP contribution is -2.67. The summed E-state index contributed by atoms with van der Waals surface area (Å²) in [6.45, 7) is 16.2. The Kier molecular flexibility index (Phi) is 7.70. The molecule has 0 aliphatic heterocycles. The van der Waals surface area contributed by atoms with Crippen molar-refractivity contribution in [3.05, 3.63) is 47.6 Å². The molecule has 0 unspecified atom stereocenters. The van der Waals surface area contributed by atoms with E-state index in [0.717, 1.165) is 50.5 Å². The van der Waals surface area contributed by atoms with Crippen LogP contribution in [0.2, 0.25) is 0 Å². The number of ether oxygens (including phenoxy) is 1. The van der Waals surface area contributed by atoms with E-state index in [1.807, 2.05) is 0 Å². The van der Waals surface area contributed by atoms with Crippen molar-refractivity contribution in [2.24, 2.45) is 56.7 Å². The average molecular weight is 619 g/mol. The Balaban J connectivity index is 1.29. The standard InChI is InChI=1S/C39H54O6/c1-23-16-19-39(34(43)44)21-20-37(6)27(32(39)24(23)2)13-14-30-36(5)22-28(41)33(35(3,4)29(36)17-18-38(30,37)7)45-31(42)15-10-25-8-11-26(40)12-9-25/h8-13,15,23-24,28-30,32-33,40-41H,14,16-22H2,1-7H3,(H,43,44)/b15-10+/t23-,24+,28-,29-,30-,32+,33+,36+,37-,38-,39+/m1/s1. The van der Waals surface area contributed by atoms with Gasteiger partial charge in [0.25, 0.3) is 0 Å². The minimum absolute atomic E-state index is 0.0143. The minimum Gasteiger partial charge on any atom is -0.508 e. The van der Waals surface area contributed by atoms with Gasteiger partial charge in [-0.2, -0.15) is 0 Å². The van der Waals surface area contributed by atoms with Gasteiger partial charge in [-0.05, 0) is 121 Å². The molecule has 0 aromatic heterocycles. The molecule has 4 fully saturated rings. The number of aliphatic hydroxyl groups is 1. The number of hydrogen-bond acceptors (Lipinski definition) is 5. The minimum atomic E-state index is -0.780. The first-order chi connectivity index (χ1) is 21.0. The molecule has 1 aromatic rings. The molecule has 0 spiro atoms. The van der Waals surface area contributed by atoms with Gasteiger partial charge in [-0.3, -0.25) is 4.79 Å². The summed E-state index contributed by atoms with van der Waals surface area (Å²) in [6, 6.07) is 6.62. The second-order valence-corrected chi connectivity index (χ2v) is 17.0. The number of carboxylic acid groups (broad SMARTS) is 1. The summed E-state index contributed by atoms with van der Waals surface area (Å²) in [5, 5.41) is 32.0. The van der Waals surface area contributed by atoms with Crippen molar-refractivity contribution in [1.29, 1.82) is 0 Å². The Hall–Kier alpha value is -2.60. The van der Waals surface area contributed by atoms with Crippen LogP contribution in [0.15, 0.2) is 42.0 Å². The van der Waals surface area contributed by atoms with E-state index in [9.17, 15) is 24.9 Å². The first kappa shape index (κ1) is 32.3. The average Bonchev–Trinajstić information content (AvgIpc) is 2.97. The summed E-state index contributed by atoms with van der Waals surface area (Å²) >= 11 is 0. The van der Waals surface area contributed by atoms with Gasteiger partial charge in [0.1, 0.15) is 11.9 Å². The quantitative estimate of drug-likeness (QED) is 0.179. The number of aliphatic hydroxyl groups excluding tert-OH is 1. The fourth-order valence-electron chi connectivity index (χ4n) is 12.1. The number of rotatable bonds is 4. The van der Waals surface area contributed by atoms with Crippen LogP contribution < -0.4 is 0 Å². The van der Waals surface area contributed by atoms with Gasteiger partial charge >= 0.3 is 11.9 Å². The highest BCUT2D eigenvalue weighted by atomic mass is 16.6. The molecular formula is C39H54O6. The van der Waals surface area contributed by atoms with Crippen molar-refractivity contribution in [1.82, 2.24) is 0 Å². The number of aliphatic carboxylic acids is 1. The third-order valence-corrected chi connectivity index (χ3v) is 14.9. The smallest absolute Gasteiger partial charge is 0.331 e. The fraction of sp³-hybridized carbons (Fsp3) is 0.692. The lowest BCUT2D eigenvalue weighted by atomic mass is 9.33. The summed E-state index contributed by atoms with van der Waals surface area (Å²) in [6.07, 6.45) is 11.1. The summed E-state index contributed by atoms with van der Waals surface area (Å²) in [5.41, 5.74) is 0.857. The van der Waals surface area contributed by atoms with E-state index in [1.54, 1.807) is 30.3 Å². The molecule has 0 radical (unpaired) electrons. The number of carbonyl (C=O) groups is 2. The maximum absolute atomic E-state index is 13.0. The Morgan fingerprint density at radius 1 is 0.933 bits per heavy atom. The second kappa shape index (κ2) is 10.7. The largest absolute Gasteiger partial charge is 0.508 e. The molecule has 5 aliphatic carbocycles. The number of benzene rings is 1. The lowest BCUT2D eigenvalue weighted by molar-refractivity contribution is -0.238. The number of phenolic OH excluding ortho intramolecular Hbond substituents is 1. The van der Waals surface area contributed by atoms with Crippen LogP contribution in [-0.2, 0) is 14.3 Å². The normalized spacial score (nSPS) is 45.3. The first-order valence-electron chi connectivity index (χ1n) is 17.3. The number of allylic oxidation sites excluding steroid dienone is 2. The SMILES string of the molecule is C[C@H]1[C@H](C)CC[C@]2(C(=O)O)CC[C@]3(C)C(=CC[C@@H]4[C@@]5(C)C[C@@H](O)[C@H](OC(=O)/C=C/c6ccc(O)cc6)C(C)(C)[C@H]5CC[C@]43C)[C@H]12. The van der Waals surface area contributed by atoms with E-state index in [1.165, 1.54) is 11.6 Å². The van der Waals surface area contributed by atoms with E-state index in [0.29, 0.717) is 24.2 Å². The van der Waals surface area contributed by atoms with Crippen LogP contribution in [0.25, 0.3) is 6.08 Å². The van der Waals surface area contributed by atoms with Gasteiger partial charge in [-0.25, -0.2) is 4.79 Å². The molecule has 246 valence electrons. The van der Waals surface area contributed by atoms with Crippen LogP contribution >= 0.6 is 0 Å². The highest BCUT2D eigenvalue weighted by Crippen LogP contribution is 2.75. The number of fused-ring (bicyclic) bond motifs is 7. The van der Waals surface area contributed by atoms with Crippen molar-refractivity contribution in [2.75, 3.05) is 0 Å². The Bertz CT molecular complexity index is 1410. The summed E-state index contributed by atoms with van der Waals surface area (Å²) in [5.74, 6) is 0.617. The van der Waals surface area contributed by atoms with Crippen molar-refractivity contribution < 1.29 is 29.6 Å². The highest BCUT2D eigenvalue weighted by Gasteiger charge is 2.70. The van der Waals surface area contributed by atoms with Gasteiger partial charge in [0, 0.05) is 11.5 Å². The van der Waals surface area contributed by atoms with Crippen molar-refractivity contribution in [2.45, 2.75) is 112 Å². The summed E-state index contributed by atoms with van der Waals surface area (Å²) in [4.78, 5) is 26.0. The van der Waals surface area contributed by atoms with Gasteiger partial charge in [0.2, 0.25) is 0 Å². The number of carbonyl (C=O) groups excluding carboxylic acids is 1. The number of phenols is 1. The molecule has 5 aliphatic rings. The van der Waals surface area contributed by atoms with Gasteiger partial charge in [-0.1, -0.05) is 72.2 Å². The van der Waals surface area contributed by atoms with Gasteiger partial charge < -0.3 is 20.1 Å². The molecule has 0 saturated heterocycles. The molecule has 0 bridgehead atoms. The Morgan fingerprint density at radius 2 is 1.62 bits per heavy atom. The predicted molar refractivity (Wildman–Crippen MR) is 175 cm³/mol. The van der Waals surface area contributed by atoms with E-state index in [4.69, 9.17) is 4.74 Å². The summed E-state index contributed by atoms with van der Waals surface area (Å²) in [7, 11) is 0. The van der Waals surface area contributed by atoms with Gasteiger partial charge in [-0.15, -0.1) is 0 Å². The van der Waals surface area contributed by atoms with Crippen molar-refractivity contribution in [3.63, 3.8) is 0 Å². The maximum Gasteiger partial charge on any atom is 0.331 e. The number of carboxylic acids is 1. The van der Waals surface area contributed by atoms with Crippen LogP contribution in [-0.4, -0.2) is 39.5 Å². The van der Waals surface area contributed by atoms with E-state index in [-0.39, 0.29) is 33.8 Å². The molecule has 0 heterocycles. The molecule has 4 saturated carbocycles. The highest BCUT2D eigenvalue weighted by molar-refractivity contribution is 5.87. The third-order valence-electron chi connectivity index (χ3n) is 14.9. The lowest BCUT2D eigenvalue weighted by Gasteiger charge is -2.71.